The summed E-state index contributed by atoms with van der Waals surface area (Å²) >= 11 is 0. The number of carbonyl (C=O) groups is 1. The van der Waals surface area contributed by atoms with Crippen LogP contribution in [0.25, 0.3) is 11.1 Å². The highest BCUT2D eigenvalue weighted by Crippen LogP contribution is 2.24. The molecule has 4 rings (SSSR count). The quantitative estimate of drug-likeness (QED) is 0.712. The highest BCUT2D eigenvalue weighted by Gasteiger charge is 2.26. The average Bonchev–Trinajstić information content (AvgIpc) is 2.75. The maximum Gasteiger partial charge on any atom is 0.228 e. The third-order valence-corrected chi connectivity index (χ3v) is 5.17. The molecule has 0 aliphatic carbocycles. The van der Waals surface area contributed by atoms with Gasteiger partial charge in [0.1, 0.15) is 11.6 Å². The Morgan fingerprint density at radius 2 is 1.86 bits per heavy atom. The number of hydrogen-bond donors (Lipinski definition) is 1. The second-order valence-electron chi connectivity index (χ2n) is 7.32. The molecule has 1 N–H and O–H groups in total. The molecule has 1 amide bonds. The van der Waals surface area contributed by atoms with Gasteiger partial charge in [0.05, 0.1) is 12.5 Å². The summed E-state index contributed by atoms with van der Waals surface area (Å²) < 4.78 is 13.4. The van der Waals surface area contributed by atoms with E-state index < -0.39 is 0 Å². The van der Waals surface area contributed by atoms with Gasteiger partial charge in [-0.05, 0) is 60.8 Å². The van der Waals surface area contributed by atoms with Gasteiger partial charge in [0.2, 0.25) is 5.91 Å². The molecule has 0 spiro atoms. The third-order valence-electron chi connectivity index (χ3n) is 5.17. The highest BCUT2D eigenvalue weighted by atomic mass is 19.1. The van der Waals surface area contributed by atoms with Gasteiger partial charge in [0.25, 0.3) is 0 Å². The van der Waals surface area contributed by atoms with Gasteiger partial charge in [0, 0.05) is 24.6 Å². The molecule has 0 saturated carbocycles. The number of rotatable bonds is 5. The van der Waals surface area contributed by atoms with E-state index in [9.17, 15) is 9.18 Å². The van der Waals surface area contributed by atoms with E-state index in [1.54, 1.807) is 24.5 Å². The molecule has 0 radical (unpaired) electrons. The summed E-state index contributed by atoms with van der Waals surface area (Å²) in [5.74, 6) is 0.488. The first-order chi connectivity index (χ1) is 14.2. The number of benzene rings is 2. The molecule has 1 saturated heterocycles. The summed E-state index contributed by atoms with van der Waals surface area (Å²) in [6, 6.07) is 15.8. The third kappa shape index (κ3) is 5.03. The minimum atomic E-state index is -0.261. The number of hydrogen-bond acceptors (Lipinski definition) is 4. The molecule has 29 heavy (non-hydrogen) atoms. The lowest BCUT2D eigenvalue weighted by atomic mass is 9.97. The summed E-state index contributed by atoms with van der Waals surface area (Å²) in [4.78, 5) is 23.5. The highest BCUT2D eigenvalue weighted by molar-refractivity contribution is 5.93. The molecule has 1 atom stereocenters. The van der Waals surface area contributed by atoms with Crippen molar-refractivity contribution < 1.29 is 9.18 Å². The molecule has 148 valence electrons. The molecule has 1 fully saturated rings. The van der Waals surface area contributed by atoms with Crippen LogP contribution in [0.1, 0.15) is 18.7 Å². The lowest BCUT2D eigenvalue weighted by Crippen LogP contribution is -2.40. The van der Waals surface area contributed by atoms with Crippen LogP contribution >= 0.6 is 0 Å². The van der Waals surface area contributed by atoms with Gasteiger partial charge in [-0.25, -0.2) is 14.4 Å². The lowest BCUT2D eigenvalue weighted by Gasteiger charge is -2.31. The smallest absolute Gasteiger partial charge is 0.228 e. The maximum absolute atomic E-state index is 13.4. The lowest BCUT2D eigenvalue weighted by molar-refractivity contribution is -0.121. The number of aromatic nitrogens is 2. The van der Waals surface area contributed by atoms with Crippen LogP contribution in [0, 0.1) is 11.7 Å². The summed E-state index contributed by atoms with van der Waals surface area (Å²) in [5, 5.41) is 3.02. The Labute approximate surface area is 169 Å². The van der Waals surface area contributed by atoms with Gasteiger partial charge in [-0.1, -0.05) is 24.3 Å². The fourth-order valence-electron chi connectivity index (χ4n) is 3.68. The van der Waals surface area contributed by atoms with Crippen molar-refractivity contribution in [1.82, 2.24) is 14.9 Å². The Balaban J connectivity index is 1.36. The first-order valence-corrected chi connectivity index (χ1v) is 9.82. The van der Waals surface area contributed by atoms with Crippen molar-refractivity contribution in [3.63, 3.8) is 0 Å². The van der Waals surface area contributed by atoms with Gasteiger partial charge in [-0.15, -0.1) is 0 Å². The molecule has 3 aromatic rings. The van der Waals surface area contributed by atoms with Crippen LogP contribution in [0.4, 0.5) is 10.1 Å². The van der Waals surface area contributed by atoms with Gasteiger partial charge in [-0.2, -0.15) is 0 Å². The van der Waals surface area contributed by atoms with Crippen LogP contribution in [0.3, 0.4) is 0 Å². The van der Waals surface area contributed by atoms with Crippen molar-refractivity contribution in [2.45, 2.75) is 19.4 Å². The van der Waals surface area contributed by atoms with E-state index in [-0.39, 0.29) is 17.6 Å². The number of piperidine rings is 1. The van der Waals surface area contributed by atoms with E-state index in [0.29, 0.717) is 13.1 Å². The van der Waals surface area contributed by atoms with Gasteiger partial charge in [0.15, 0.2) is 0 Å². The van der Waals surface area contributed by atoms with Crippen molar-refractivity contribution in [1.29, 1.82) is 0 Å². The Morgan fingerprint density at radius 1 is 1.07 bits per heavy atom. The monoisotopic (exact) mass is 390 g/mol. The van der Waals surface area contributed by atoms with E-state index >= 15 is 0 Å². The molecule has 2 heterocycles. The second-order valence-corrected chi connectivity index (χ2v) is 7.32. The van der Waals surface area contributed by atoms with Gasteiger partial charge < -0.3 is 5.32 Å². The van der Waals surface area contributed by atoms with Gasteiger partial charge >= 0.3 is 0 Å². The number of amides is 1. The maximum atomic E-state index is 13.4. The standard InChI is InChI=1S/C23H23FN4O/c24-20-6-1-4-18(14-20)17-7-9-21(10-8-17)27-23(29)19-5-2-13-28(15-19)16-22-25-11-3-12-26-22/h1,3-4,6-12,14,19H,2,5,13,15-16H2,(H,27,29)/t19-/m1/s1. The molecule has 0 unspecified atom stereocenters. The molecule has 0 bridgehead atoms. The number of nitrogens with one attached hydrogen (secondary N) is 1. The van der Waals surface area contributed by atoms with E-state index in [1.165, 1.54) is 12.1 Å². The zero-order valence-electron chi connectivity index (χ0n) is 16.1. The number of likely N-dealkylation sites (tertiary alicyclic amines) is 1. The summed E-state index contributed by atoms with van der Waals surface area (Å²) in [6.07, 6.45) is 5.33. The van der Waals surface area contributed by atoms with Crippen molar-refractivity contribution in [3.8, 4) is 11.1 Å². The minimum absolute atomic E-state index is 0.0298. The first-order valence-electron chi connectivity index (χ1n) is 9.82. The predicted octanol–water partition coefficient (Wildman–Crippen LogP) is 4.13. The normalized spacial score (nSPS) is 17.1. The molecular formula is C23H23FN4O. The first kappa shape index (κ1) is 19.2. The van der Waals surface area contributed by atoms with Crippen LogP contribution in [-0.2, 0) is 11.3 Å². The van der Waals surface area contributed by atoms with Crippen molar-refractivity contribution in [3.05, 3.63) is 78.6 Å². The van der Waals surface area contributed by atoms with Crippen molar-refractivity contribution in [2.75, 3.05) is 18.4 Å². The Hall–Kier alpha value is -3.12. The fraction of sp³-hybridized carbons (Fsp3) is 0.261. The van der Waals surface area contributed by atoms with Crippen molar-refractivity contribution in [2.24, 2.45) is 5.92 Å². The Kier molecular flexibility index (Phi) is 5.91. The zero-order valence-corrected chi connectivity index (χ0v) is 16.1. The molecular weight excluding hydrogens is 367 g/mol. The van der Waals surface area contributed by atoms with Crippen LogP contribution in [-0.4, -0.2) is 33.9 Å². The molecule has 2 aromatic carbocycles. The van der Waals surface area contributed by atoms with Crippen LogP contribution in [0.5, 0.6) is 0 Å². The van der Waals surface area contributed by atoms with Crippen LogP contribution < -0.4 is 5.32 Å². The molecule has 1 aromatic heterocycles. The number of nitrogens with zero attached hydrogens (tertiary/aromatic N) is 3. The van der Waals surface area contributed by atoms with Crippen LogP contribution in [0.2, 0.25) is 0 Å². The molecule has 1 aliphatic rings. The van der Waals surface area contributed by atoms with Crippen molar-refractivity contribution >= 4 is 11.6 Å². The second kappa shape index (κ2) is 8.92. The fourth-order valence-corrected chi connectivity index (χ4v) is 3.68. The summed E-state index contributed by atoms with van der Waals surface area (Å²) in [6.45, 7) is 2.31. The topological polar surface area (TPSA) is 58.1 Å². The zero-order chi connectivity index (χ0) is 20.1. The number of carbonyl (C=O) groups excluding carboxylic acids is 1. The van der Waals surface area contributed by atoms with Crippen LogP contribution in [0.15, 0.2) is 67.0 Å². The average molecular weight is 390 g/mol. The number of halogens is 1. The van der Waals surface area contributed by atoms with Gasteiger partial charge in [-0.3, -0.25) is 9.69 Å². The SMILES string of the molecule is O=C(Nc1ccc(-c2cccc(F)c2)cc1)[C@@H]1CCCN(Cc2ncccn2)C1. The number of anilines is 1. The predicted molar refractivity (Wildman–Crippen MR) is 110 cm³/mol. The van der Waals surface area contributed by atoms with E-state index in [4.69, 9.17) is 0 Å². The molecule has 6 heteroatoms. The van der Waals surface area contributed by atoms with E-state index in [0.717, 1.165) is 42.0 Å². The minimum Gasteiger partial charge on any atom is -0.326 e. The molecule has 1 aliphatic heterocycles. The molecule has 5 nitrogen and oxygen atoms in total. The van der Waals surface area contributed by atoms with E-state index in [1.807, 2.05) is 30.3 Å². The summed E-state index contributed by atoms with van der Waals surface area (Å²) in [7, 11) is 0. The van der Waals surface area contributed by atoms with E-state index in [2.05, 4.69) is 20.2 Å². The summed E-state index contributed by atoms with van der Waals surface area (Å²) in [5.41, 5.74) is 2.47. The Morgan fingerprint density at radius 3 is 2.62 bits per heavy atom. The largest absolute Gasteiger partial charge is 0.326 e. The Bertz CT molecular complexity index is 962.